The lowest BCUT2D eigenvalue weighted by Crippen LogP contribution is -2.19. The largest absolute Gasteiger partial charge is 0.489 e. The van der Waals surface area contributed by atoms with Gasteiger partial charge in [-0.3, -0.25) is 0 Å². The number of nitrogens with two attached hydrogens (primary N) is 1. The van der Waals surface area contributed by atoms with E-state index < -0.39 is 22.8 Å². The summed E-state index contributed by atoms with van der Waals surface area (Å²) in [5.41, 5.74) is 0. The summed E-state index contributed by atoms with van der Waals surface area (Å²) < 4.78 is 68.1. The molecule has 1 aromatic rings. The van der Waals surface area contributed by atoms with Crippen LogP contribution in [0.25, 0.3) is 0 Å². The normalized spacial score (nSPS) is 12.5. The minimum absolute atomic E-state index is 0.137. The summed E-state index contributed by atoms with van der Waals surface area (Å²) in [4.78, 5) is -0.137. The van der Waals surface area contributed by atoms with E-state index in [9.17, 15) is 21.6 Å². The second-order valence-corrected chi connectivity index (χ2v) is 7.05. The zero-order valence-corrected chi connectivity index (χ0v) is 14.3. The Balaban J connectivity index is 2.65. The number of alkyl halides is 3. The Hall–Kier alpha value is -0.360. The molecular weight excluding hydrogens is 447 g/mol. The summed E-state index contributed by atoms with van der Waals surface area (Å²) in [5, 5.41) is 4.99. The highest BCUT2D eigenvalue weighted by Gasteiger charge is 2.27. The minimum atomic E-state index is -4.39. The molecule has 0 atom stereocenters. The van der Waals surface area contributed by atoms with Gasteiger partial charge in [-0.25, -0.2) is 13.6 Å². The maximum Gasteiger partial charge on any atom is 0.411 e. The molecule has 0 aliphatic carbocycles. The van der Waals surface area contributed by atoms with Gasteiger partial charge in [0.25, 0.3) is 0 Å². The highest BCUT2D eigenvalue weighted by molar-refractivity contribution is 9.11. The molecule has 21 heavy (non-hydrogen) atoms. The first-order valence-corrected chi connectivity index (χ1v) is 8.43. The van der Waals surface area contributed by atoms with Crippen LogP contribution in [-0.2, 0) is 14.8 Å². The lowest BCUT2D eigenvalue weighted by molar-refractivity contribution is -0.175. The predicted octanol–water partition coefficient (Wildman–Crippen LogP) is 2.82. The fourth-order valence-corrected chi connectivity index (χ4v) is 3.51. The molecule has 0 saturated heterocycles. The number of sulfonamides is 1. The Labute approximate surface area is 135 Å². The molecule has 1 rings (SSSR count). The van der Waals surface area contributed by atoms with Gasteiger partial charge in [0.15, 0.2) is 0 Å². The third-order valence-corrected chi connectivity index (χ3v) is 4.11. The first-order chi connectivity index (χ1) is 9.50. The van der Waals surface area contributed by atoms with Crippen molar-refractivity contribution in [1.29, 1.82) is 0 Å². The molecule has 0 radical (unpaired) electrons. The summed E-state index contributed by atoms with van der Waals surface area (Å²) in [6.45, 7) is -1.76. The molecule has 0 heterocycles. The average molecular weight is 457 g/mol. The zero-order valence-electron chi connectivity index (χ0n) is 10.3. The molecule has 0 aromatic heterocycles. The maximum atomic E-state index is 11.8. The van der Waals surface area contributed by atoms with Gasteiger partial charge < -0.3 is 9.47 Å². The molecule has 120 valence electrons. The van der Waals surface area contributed by atoms with Gasteiger partial charge in [-0.2, -0.15) is 13.2 Å². The van der Waals surface area contributed by atoms with E-state index in [1.54, 1.807) is 0 Å². The van der Waals surface area contributed by atoms with Crippen molar-refractivity contribution in [3.8, 4) is 5.75 Å². The molecule has 11 heteroatoms. The second-order valence-electron chi connectivity index (χ2n) is 3.78. The van der Waals surface area contributed by atoms with Crippen molar-refractivity contribution in [2.45, 2.75) is 11.1 Å². The number of ether oxygens (including phenoxy) is 2. The van der Waals surface area contributed by atoms with Crippen molar-refractivity contribution in [2.24, 2.45) is 5.14 Å². The average Bonchev–Trinajstić information content (AvgIpc) is 2.28. The summed E-state index contributed by atoms with van der Waals surface area (Å²) in [5.74, 6) is 0.234. The molecule has 0 aliphatic rings. The van der Waals surface area contributed by atoms with Gasteiger partial charge in [0.05, 0.1) is 20.4 Å². The summed E-state index contributed by atoms with van der Waals surface area (Å²) in [6, 6.07) is 2.46. The predicted molar refractivity (Wildman–Crippen MR) is 75.6 cm³/mol. The first-order valence-electron chi connectivity index (χ1n) is 5.30. The Morgan fingerprint density at radius 2 is 1.67 bits per heavy atom. The van der Waals surface area contributed by atoms with Crippen LogP contribution in [0.3, 0.4) is 0 Å². The van der Waals surface area contributed by atoms with Gasteiger partial charge in [-0.15, -0.1) is 0 Å². The summed E-state index contributed by atoms with van der Waals surface area (Å²) >= 11 is 6.19. The van der Waals surface area contributed by atoms with Gasteiger partial charge in [-0.05, 0) is 44.0 Å². The van der Waals surface area contributed by atoms with Crippen molar-refractivity contribution in [1.82, 2.24) is 0 Å². The smallest absolute Gasteiger partial charge is 0.411 e. The van der Waals surface area contributed by atoms with Crippen molar-refractivity contribution in [2.75, 3.05) is 19.8 Å². The van der Waals surface area contributed by atoms with Crippen LogP contribution in [0.2, 0.25) is 0 Å². The Kier molecular flexibility index (Phi) is 6.47. The number of halogens is 5. The molecule has 0 amide bonds. The van der Waals surface area contributed by atoms with Crippen LogP contribution in [0.5, 0.6) is 5.75 Å². The lowest BCUT2D eigenvalue weighted by Gasteiger charge is -2.12. The molecule has 2 N–H and O–H groups in total. The standard InChI is InChI=1S/C10H10Br2F3NO4S/c11-7-3-6(21(16,17)18)4-8(12)9(7)20-2-1-19-5-10(13,14)15/h3-4H,1-2,5H2,(H2,16,17,18). The molecule has 0 fully saturated rings. The van der Waals surface area contributed by atoms with Gasteiger partial charge in [0, 0.05) is 0 Å². The fraction of sp³-hybridized carbons (Fsp3) is 0.400. The van der Waals surface area contributed by atoms with Crippen molar-refractivity contribution < 1.29 is 31.1 Å². The topological polar surface area (TPSA) is 78.6 Å². The van der Waals surface area contributed by atoms with E-state index in [4.69, 9.17) is 9.88 Å². The maximum absolute atomic E-state index is 11.8. The third kappa shape index (κ3) is 6.51. The first kappa shape index (κ1) is 18.7. The van der Waals surface area contributed by atoms with Crippen molar-refractivity contribution in [3.63, 3.8) is 0 Å². The van der Waals surface area contributed by atoms with Gasteiger partial charge >= 0.3 is 6.18 Å². The van der Waals surface area contributed by atoms with Crippen LogP contribution >= 0.6 is 31.9 Å². The van der Waals surface area contributed by atoms with Gasteiger partial charge in [-0.1, -0.05) is 0 Å². The van der Waals surface area contributed by atoms with E-state index in [2.05, 4.69) is 36.6 Å². The Morgan fingerprint density at radius 1 is 1.14 bits per heavy atom. The van der Waals surface area contributed by atoms with Gasteiger partial charge in [0.1, 0.15) is 19.0 Å². The molecule has 0 unspecified atom stereocenters. The van der Waals surface area contributed by atoms with Crippen LogP contribution in [0.1, 0.15) is 0 Å². The van der Waals surface area contributed by atoms with Crippen molar-refractivity contribution in [3.05, 3.63) is 21.1 Å². The molecule has 0 aliphatic heterocycles. The molecule has 5 nitrogen and oxygen atoms in total. The Bertz CT molecular complexity index is 584. The summed E-state index contributed by atoms with van der Waals surface area (Å²) in [6.07, 6.45) is -4.39. The van der Waals surface area contributed by atoms with Gasteiger partial charge in [0.2, 0.25) is 10.0 Å². The molecule has 0 spiro atoms. The third-order valence-electron chi connectivity index (χ3n) is 2.04. The Morgan fingerprint density at radius 3 is 2.10 bits per heavy atom. The number of hydrogen-bond donors (Lipinski definition) is 1. The number of hydrogen-bond acceptors (Lipinski definition) is 4. The SMILES string of the molecule is NS(=O)(=O)c1cc(Br)c(OCCOCC(F)(F)F)c(Br)c1. The van der Waals surface area contributed by atoms with Crippen molar-refractivity contribution >= 4 is 41.9 Å². The molecule has 0 saturated carbocycles. The van der Waals surface area contributed by atoms with E-state index >= 15 is 0 Å². The van der Waals surface area contributed by atoms with E-state index in [1.807, 2.05) is 0 Å². The van der Waals surface area contributed by atoms with E-state index in [0.29, 0.717) is 0 Å². The number of rotatable bonds is 6. The van der Waals surface area contributed by atoms with Crippen LogP contribution in [0.15, 0.2) is 26.0 Å². The molecule has 0 bridgehead atoms. The second kappa shape index (κ2) is 7.27. The van der Waals surface area contributed by atoms with E-state index in [0.717, 1.165) is 0 Å². The van der Waals surface area contributed by atoms with Crippen LogP contribution in [0, 0.1) is 0 Å². The number of benzene rings is 1. The van der Waals surface area contributed by atoms with E-state index in [1.165, 1.54) is 12.1 Å². The monoisotopic (exact) mass is 455 g/mol. The fourth-order valence-electron chi connectivity index (χ4n) is 1.23. The van der Waals surface area contributed by atoms with Crippen LogP contribution < -0.4 is 9.88 Å². The number of primary sulfonamides is 1. The highest BCUT2D eigenvalue weighted by atomic mass is 79.9. The highest BCUT2D eigenvalue weighted by Crippen LogP contribution is 2.35. The summed E-state index contributed by atoms with van der Waals surface area (Å²) in [7, 11) is -3.88. The van der Waals surface area contributed by atoms with Crippen LogP contribution in [-0.4, -0.2) is 34.4 Å². The van der Waals surface area contributed by atoms with Crippen LogP contribution in [0.4, 0.5) is 13.2 Å². The lowest BCUT2D eigenvalue weighted by atomic mass is 10.3. The van der Waals surface area contributed by atoms with E-state index in [-0.39, 0.29) is 32.8 Å². The minimum Gasteiger partial charge on any atom is -0.489 e. The molecule has 1 aromatic carbocycles. The zero-order chi connectivity index (χ0) is 16.3. The quantitative estimate of drug-likeness (QED) is 0.667. The molecular formula is C10H10Br2F3NO4S.